The van der Waals surface area contributed by atoms with Crippen molar-refractivity contribution < 1.29 is 18.3 Å². The summed E-state index contributed by atoms with van der Waals surface area (Å²) in [7, 11) is -3.79. The number of anilines is 1. The second-order valence-electron chi connectivity index (χ2n) is 7.26. The van der Waals surface area contributed by atoms with E-state index >= 15 is 0 Å². The van der Waals surface area contributed by atoms with Gasteiger partial charge in [0.2, 0.25) is 0 Å². The Kier molecular flexibility index (Phi) is 6.72. The summed E-state index contributed by atoms with van der Waals surface area (Å²) in [5.41, 5.74) is 2.51. The van der Waals surface area contributed by atoms with Crippen LogP contribution in [-0.2, 0) is 14.8 Å². The molecule has 1 fully saturated rings. The maximum absolute atomic E-state index is 13.4. The fourth-order valence-electron chi connectivity index (χ4n) is 3.29. The van der Waals surface area contributed by atoms with Crippen molar-refractivity contribution in [3.63, 3.8) is 0 Å². The lowest BCUT2D eigenvalue weighted by Gasteiger charge is -2.31. The number of β-amino-alcohol motifs (C(OH)–C–C–N with tert-alkyl or cyclic N) is 1. The van der Waals surface area contributed by atoms with Crippen LogP contribution in [-0.4, -0.2) is 63.9 Å². The van der Waals surface area contributed by atoms with Crippen LogP contribution in [0.5, 0.6) is 0 Å². The van der Waals surface area contributed by atoms with Gasteiger partial charge in [-0.25, -0.2) is 8.42 Å². The lowest BCUT2D eigenvalue weighted by Crippen LogP contribution is -2.46. The Hall–Kier alpha value is -1.93. The molecule has 1 aliphatic rings. The number of hydrogen-bond acceptors (Lipinski definition) is 5. The van der Waals surface area contributed by atoms with Gasteiger partial charge in [-0.3, -0.25) is 9.21 Å². The van der Waals surface area contributed by atoms with Gasteiger partial charge >= 0.3 is 0 Å². The van der Waals surface area contributed by atoms with E-state index in [2.05, 4.69) is 4.90 Å². The van der Waals surface area contributed by atoms with Crippen LogP contribution in [0.2, 0.25) is 0 Å². The first-order valence-corrected chi connectivity index (χ1v) is 10.9. The molecule has 1 N–H and O–H groups in total. The summed E-state index contributed by atoms with van der Waals surface area (Å²) >= 11 is 0. The molecule has 0 aromatic heterocycles. The predicted octanol–water partition coefficient (Wildman–Crippen LogP) is 2.19. The van der Waals surface area contributed by atoms with Crippen LogP contribution in [0.3, 0.4) is 0 Å². The van der Waals surface area contributed by atoms with Crippen LogP contribution in [0.4, 0.5) is 5.69 Å². The molecule has 0 radical (unpaired) electrons. The zero-order chi connectivity index (χ0) is 20.1. The Morgan fingerprint density at radius 3 is 2.39 bits per heavy atom. The summed E-state index contributed by atoms with van der Waals surface area (Å²) in [5.74, 6) is 0. The number of hydrogen-bond donors (Lipinski definition) is 1. The van der Waals surface area contributed by atoms with E-state index in [1.165, 1.54) is 4.31 Å². The zero-order valence-electron chi connectivity index (χ0n) is 16.4. The highest BCUT2D eigenvalue weighted by atomic mass is 32.2. The molecule has 0 saturated carbocycles. The summed E-state index contributed by atoms with van der Waals surface area (Å²) in [5, 5.41) is 10.7. The van der Waals surface area contributed by atoms with Gasteiger partial charge in [-0.15, -0.1) is 0 Å². The molecule has 28 heavy (non-hydrogen) atoms. The van der Waals surface area contributed by atoms with Gasteiger partial charge in [0.25, 0.3) is 10.0 Å². The number of morpholine rings is 1. The van der Waals surface area contributed by atoms with Crippen LogP contribution < -0.4 is 4.31 Å². The molecule has 0 aliphatic carbocycles. The third-order valence-electron chi connectivity index (χ3n) is 4.85. The van der Waals surface area contributed by atoms with Crippen molar-refractivity contribution >= 4 is 15.7 Å². The van der Waals surface area contributed by atoms with E-state index < -0.39 is 16.1 Å². The van der Waals surface area contributed by atoms with Crippen LogP contribution in [0.25, 0.3) is 0 Å². The molecule has 0 unspecified atom stereocenters. The van der Waals surface area contributed by atoms with E-state index in [0.29, 0.717) is 25.4 Å². The molecule has 0 bridgehead atoms. The Balaban J connectivity index is 1.87. The smallest absolute Gasteiger partial charge is 0.264 e. The van der Waals surface area contributed by atoms with E-state index in [9.17, 15) is 13.5 Å². The molecular formula is C21H28N2O4S. The minimum atomic E-state index is -3.79. The summed E-state index contributed by atoms with van der Waals surface area (Å²) in [6.07, 6.45) is -0.807. The van der Waals surface area contributed by atoms with Gasteiger partial charge in [0.05, 0.1) is 36.4 Å². The number of sulfonamides is 1. The van der Waals surface area contributed by atoms with Gasteiger partial charge in [-0.2, -0.15) is 0 Å². The fraction of sp³-hybridized carbons (Fsp3) is 0.429. The van der Waals surface area contributed by atoms with Crippen LogP contribution in [0.1, 0.15) is 11.1 Å². The number of aliphatic hydroxyl groups is 1. The van der Waals surface area contributed by atoms with Crippen molar-refractivity contribution in [1.29, 1.82) is 0 Å². The number of nitrogens with zero attached hydrogens (tertiary/aromatic N) is 2. The molecule has 0 amide bonds. The fourth-order valence-corrected chi connectivity index (χ4v) is 4.79. The van der Waals surface area contributed by atoms with Gasteiger partial charge in [0, 0.05) is 19.6 Å². The molecule has 1 heterocycles. The number of ether oxygens (including phenoxy) is 1. The van der Waals surface area contributed by atoms with Gasteiger partial charge in [-0.05, 0) is 43.7 Å². The van der Waals surface area contributed by atoms with Crippen LogP contribution >= 0.6 is 0 Å². The average Bonchev–Trinajstić information content (AvgIpc) is 2.67. The zero-order valence-corrected chi connectivity index (χ0v) is 17.2. The number of benzene rings is 2. The third-order valence-corrected chi connectivity index (χ3v) is 6.66. The minimum Gasteiger partial charge on any atom is -0.390 e. The SMILES string of the molecule is Cc1ccc(S(=O)(=O)N(C[C@H](O)CN2CCOCC2)c2cccc(C)c2)cc1. The Labute approximate surface area is 167 Å². The largest absolute Gasteiger partial charge is 0.390 e. The topological polar surface area (TPSA) is 70.1 Å². The maximum atomic E-state index is 13.4. The van der Waals surface area contributed by atoms with E-state index in [4.69, 9.17) is 4.74 Å². The van der Waals surface area contributed by atoms with Gasteiger partial charge in [-0.1, -0.05) is 29.8 Å². The highest BCUT2D eigenvalue weighted by Gasteiger charge is 2.28. The summed E-state index contributed by atoms with van der Waals surface area (Å²) < 4.78 is 33.4. The highest BCUT2D eigenvalue weighted by molar-refractivity contribution is 7.92. The maximum Gasteiger partial charge on any atom is 0.264 e. The lowest BCUT2D eigenvalue weighted by molar-refractivity contribution is 0.0166. The van der Waals surface area contributed by atoms with Crippen molar-refractivity contribution in [3.8, 4) is 0 Å². The van der Waals surface area contributed by atoms with E-state index in [0.717, 1.165) is 24.2 Å². The molecule has 152 valence electrons. The minimum absolute atomic E-state index is 0.00296. The monoisotopic (exact) mass is 404 g/mol. The third kappa shape index (κ3) is 5.11. The molecule has 2 aromatic carbocycles. The molecule has 1 aliphatic heterocycles. The van der Waals surface area contributed by atoms with Gasteiger partial charge in [0.1, 0.15) is 0 Å². The summed E-state index contributed by atoms with van der Waals surface area (Å²) in [6, 6.07) is 14.1. The molecule has 0 spiro atoms. The molecule has 1 saturated heterocycles. The van der Waals surface area contributed by atoms with Crippen molar-refractivity contribution in [2.45, 2.75) is 24.8 Å². The molecule has 7 heteroatoms. The quantitative estimate of drug-likeness (QED) is 0.766. The van der Waals surface area contributed by atoms with Gasteiger partial charge in [0.15, 0.2) is 0 Å². The molecular weight excluding hydrogens is 376 g/mol. The second kappa shape index (κ2) is 9.05. The van der Waals surface area contributed by atoms with Crippen molar-refractivity contribution in [3.05, 3.63) is 59.7 Å². The standard InChI is InChI=1S/C21H28N2O4S/c1-17-6-8-21(9-7-17)28(25,26)23(19-5-3-4-18(2)14-19)16-20(24)15-22-10-12-27-13-11-22/h3-9,14,20,24H,10-13,15-16H2,1-2H3/t20-/m1/s1. The molecule has 2 aromatic rings. The average molecular weight is 405 g/mol. The summed E-state index contributed by atoms with van der Waals surface area (Å²) in [4.78, 5) is 2.32. The number of rotatable bonds is 7. The van der Waals surface area contributed by atoms with E-state index in [1.807, 2.05) is 32.0 Å². The Morgan fingerprint density at radius 1 is 1.07 bits per heavy atom. The highest BCUT2D eigenvalue weighted by Crippen LogP contribution is 2.25. The van der Waals surface area contributed by atoms with Crippen molar-refractivity contribution in [1.82, 2.24) is 4.90 Å². The van der Waals surface area contributed by atoms with Crippen LogP contribution in [0.15, 0.2) is 53.4 Å². The molecule has 3 rings (SSSR count). The molecule has 1 atom stereocenters. The first-order chi connectivity index (χ1) is 13.4. The number of aliphatic hydroxyl groups excluding tert-OH is 1. The van der Waals surface area contributed by atoms with Gasteiger partial charge < -0.3 is 9.84 Å². The van der Waals surface area contributed by atoms with E-state index in [-0.39, 0.29) is 11.4 Å². The van der Waals surface area contributed by atoms with Crippen molar-refractivity contribution in [2.24, 2.45) is 0 Å². The predicted molar refractivity (Wildman–Crippen MR) is 110 cm³/mol. The normalized spacial score (nSPS) is 16.7. The molecule has 6 nitrogen and oxygen atoms in total. The van der Waals surface area contributed by atoms with Crippen molar-refractivity contribution in [2.75, 3.05) is 43.7 Å². The Morgan fingerprint density at radius 2 is 1.75 bits per heavy atom. The van der Waals surface area contributed by atoms with E-state index in [1.54, 1.807) is 30.3 Å². The van der Waals surface area contributed by atoms with Crippen LogP contribution in [0, 0.1) is 13.8 Å². The second-order valence-corrected chi connectivity index (χ2v) is 9.12. The lowest BCUT2D eigenvalue weighted by atomic mass is 10.2. The first kappa shape index (κ1) is 20.8. The summed E-state index contributed by atoms with van der Waals surface area (Å²) in [6.45, 7) is 7.00. The number of aryl methyl sites for hydroxylation is 2. The first-order valence-electron chi connectivity index (χ1n) is 9.50. The Bertz CT molecular complexity index is 878.